The summed E-state index contributed by atoms with van der Waals surface area (Å²) < 4.78 is 5.57. The molecular formula is C15H12N2O2S. The zero-order valence-electron chi connectivity index (χ0n) is 10.8. The fourth-order valence-electron chi connectivity index (χ4n) is 1.50. The Balaban J connectivity index is 2.15. The van der Waals surface area contributed by atoms with Crippen LogP contribution in [0.25, 0.3) is 6.08 Å². The highest BCUT2D eigenvalue weighted by molar-refractivity contribution is 7.99. The van der Waals surface area contributed by atoms with Crippen molar-refractivity contribution in [1.29, 1.82) is 5.26 Å². The van der Waals surface area contributed by atoms with Crippen molar-refractivity contribution in [2.45, 2.75) is 9.99 Å². The van der Waals surface area contributed by atoms with E-state index >= 15 is 0 Å². The minimum atomic E-state index is -0.429. The van der Waals surface area contributed by atoms with Crippen molar-refractivity contribution in [2.75, 3.05) is 7.05 Å². The van der Waals surface area contributed by atoms with Gasteiger partial charge in [-0.15, -0.1) is 0 Å². The third kappa shape index (κ3) is 3.53. The van der Waals surface area contributed by atoms with Crippen LogP contribution in [0.5, 0.6) is 0 Å². The number of rotatable bonds is 4. The van der Waals surface area contributed by atoms with Gasteiger partial charge in [0.05, 0.1) is 0 Å². The van der Waals surface area contributed by atoms with Gasteiger partial charge in [0.15, 0.2) is 5.09 Å². The summed E-state index contributed by atoms with van der Waals surface area (Å²) in [5.74, 6) is 0.0461. The minimum Gasteiger partial charge on any atom is -0.450 e. The Morgan fingerprint density at radius 1 is 1.30 bits per heavy atom. The number of nitriles is 1. The van der Waals surface area contributed by atoms with Crippen LogP contribution in [0.1, 0.15) is 5.76 Å². The molecule has 2 rings (SSSR count). The number of nitrogens with zero attached hydrogens (tertiary/aromatic N) is 1. The summed E-state index contributed by atoms with van der Waals surface area (Å²) in [4.78, 5) is 12.5. The predicted octanol–water partition coefficient (Wildman–Crippen LogP) is 3.08. The maximum Gasteiger partial charge on any atom is 0.261 e. The van der Waals surface area contributed by atoms with Crippen molar-refractivity contribution in [2.24, 2.45) is 0 Å². The number of hydrogen-bond acceptors (Lipinski definition) is 4. The third-order valence-electron chi connectivity index (χ3n) is 2.44. The number of amides is 1. The molecular weight excluding hydrogens is 272 g/mol. The van der Waals surface area contributed by atoms with E-state index < -0.39 is 5.91 Å². The maximum absolute atomic E-state index is 11.4. The van der Waals surface area contributed by atoms with Crippen LogP contribution in [0.4, 0.5) is 0 Å². The molecule has 1 N–H and O–H groups in total. The molecule has 1 aromatic carbocycles. The molecule has 1 amide bonds. The number of carbonyl (C=O) groups excluding carboxylic acids is 1. The van der Waals surface area contributed by atoms with Crippen LogP contribution in [-0.4, -0.2) is 13.0 Å². The second kappa shape index (κ2) is 6.64. The van der Waals surface area contributed by atoms with E-state index in [0.717, 1.165) is 4.90 Å². The zero-order chi connectivity index (χ0) is 14.4. The maximum atomic E-state index is 11.4. The van der Waals surface area contributed by atoms with Crippen molar-refractivity contribution in [3.63, 3.8) is 0 Å². The van der Waals surface area contributed by atoms with Gasteiger partial charge in [0, 0.05) is 18.0 Å². The molecule has 1 aromatic heterocycles. The number of carbonyl (C=O) groups is 1. The highest BCUT2D eigenvalue weighted by Crippen LogP contribution is 2.29. The summed E-state index contributed by atoms with van der Waals surface area (Å²) in [6.07, 6.45) is 1.42. The van der Waals surface area contributed by atoms with Crippen LogP contribution in [0, 0.1) is 11.3 Å². The van der Waals surface area contributed by atoms with E-state index in [9.17, 15) is 4.79 Å². The van der Waals surface area contributed by atoms with E-state index in [-0.39, 0.29) is 5.57 Å². The minimum absolute atomic E-state index is 0.0121. The highest BCUT2D eigenvalue weighted by atomic mass is 32.2. The quantitative estimate of drug-likeness (QED) is 0.692. The van der Waals surface area contributed by atoms with Gasteiger partial charge in [-0.1, -0.05) is 30.0 Å². The van der Waals surface area contributed by atoms with Crippen molar-refractivity contribution in [3.05, 3.63) is 53.8 Å². The molecule has 0 radical (unpaired) electrons. The average molecular weight is 284 g/mol. The molecule has 0 atom stereocenters. The normalized spacial score (nSPS) is 10.9. The Morgan fingerprint density at radius 2 is 2.05 bits per heavy atom. The number of likely N-dealkylation sites (N-methyl/N-ethyl adjacent to an activating group) is 1. The Bertz CT molecular complexity index is 669. The molecule has 0 fully saturated rings. The van der Waals surface area contributed by atoms with E-state index in [1.165, 1.54) is 24.9 Å². The Labute approximate surface area is 121 Å². The highest BCUT2D eigenvalue weighted by Gasteiger charge is 2.08. The van der Waals surface area contributed by atoms with E-state index in [2.05, 4.69) is 5.32 Å². The molecule has 0 bridgehead atoms. The van der Waals surface area contributed by atoms with Gasteiger partial charge in [-0.2, -0.15) is 5.26 Å². The molecule has 4 nitrogen and oxygen atoms in total. The van der Waals surface area contributed by atoms with Crippen molar-refractivity contribution < 1.29 is 9.21 Å². The summed E-state index contributed by atoms with van der Waals surface area (Å²) in [6.45, 7) is 0. The Kier molecular flexibility index (Phi) is 4.64. The van der Waals surface area contributed by atoms with Crippen LogP contribution in [-0.2, 0) is 4.79 Å². The molecule has 5 heteroatoms. The molecule has 1 heterocycles. The summed E-state index contributed by atoms with van der Waals surface area (Å²) in [5.41, 5.74) is 0.0121. The molecule has 0 unspecified atom stereocenters. The number of nitrogens with one attached hydrogen (secondary N) is 1. The lowest BCUT2D eigenvalue weighted by Crippen LogP contribution is -2.18. The Hall–Kier alpha value is -2.45. The van der Waals surface area contributed by atoms with Gasteiger partial charge in [-0.3, -0.25) is 4.79 Å². The smallest absolute Gasteiger partial charge is 0.261 e. The first-order valence-electron chi connectivity index (χ1n) is 5.89. The number of furan rings is 1. The molecule has 100 valence electrons. The largest absolute Gasteiger partial charge is 0.450 e. The van der Waals surface area contributed by atoms with E-state index in [1.807, 2.05) is 42.5 Å². The fraction of sp³-hybridized carbons (Fsp3) is 0.0667. The van der Waals surface area contributed by atoms with Crippen LogP contribution in [0.15, 0.2) is 62.4 Å². The average Bonchev–Trinajstić information content (AvgIpc) is 2.92. The van der Waals surface area contributed by atoms with Crippen molar-refractivity contribution in [1.82, 2.24) is 5.32 Å². The van der Waals surface area contributed by atoms with Gasteiger partial charge in [0.2, 0.25) is 0 Å². The summed E-state index contributed by atoms with van der Waals surface area (Å²) >= 11 is 1.48. The molecule has 20 heavy (non-hydrogen) atoms. The van der Waals surface area contributed by atoms with Gasteiger partial charge < -0.3 is 9.73 Å². The monoisotopic (exact) mass is 284 g/mol. The number of benzene rings is 1. The second-order valence-electron chi connectivity index (χ2n) is 3.82. The molecule has 0 saturated carbocycles. The lowest BCUT2D eigenvalue weighted by Gasteiger charge is -1.97. The van der Waals surface area contributed by atoms with Crippen molar-refractivity contribution >= 4 is 23.7 Å². The van der Waals surface area contributed by atoms with Crippen molar-refractivity contribution in [3.8, 4) is 6.07 Å². The molecule has 0 aliphatic rings. The SMILES string of the molecule is CNC(=O)/C(C#N)=C\c1ccc(Sc2ccccc2)o1. The fourth-order valence-corrected chi connectivity index (χ4v) is 2.30. The summed E-state index contributed by atoms with van der Waals surface area (Å²) in [6, 6.07) is 15.2. The summed E-state index contributed by atoms with van der Waals surface area (Å²) in [5, 5.41) is 12.0. The van der Waals surface area contributed by atoms with E-state index in [4.69, 9.17) is 9.68 Å². The first kappa shape index (κ1) is 14.0. The summed E-state index contributed by atoms with van der Waals surface area (Å²) in [7, 11) is 1.48. The van der Waals surface area contributed by atoms with Gasteiger partial charge in [0.25, 0.3) is 5.91 Å². The van der Waals surface area contributed by atoms with Crippen LogP contribution < -0.4 is 5.32 Å². The lowest BCUT2D eigenvalue weighted by atomic mass is 10.2. The molecule has 0 spiro atoms. The van der Waals surface area contributed by atoms with Gasteiger partial charge in [0.1, 0.15) is 17.4 Å². The predicted molar refractivity (Wildman–Crippen MR) is 76.9 cm³/mol. The molecule has 2 aromatic rings. The van der Waals surface area contributed by atoms with Gasteiger partial charge in [-0.05, 0) is 24.3 Å². The number of hydrogen-bond donors (Lipinski definition) is 1. The topological polar surface area (TPSA) is 66.0 Å². The zero-order valence-corrected chi connectivity index (χ0v) is 11.6. The van der Waals surface area contributed by atoms with Crippen LogP contribution in [0.3, 0.4) is 0 Å². The van der Waals surface area contributed by atoms with Crippen LogP contribution >= 0.6 is 11.8 Å². The standard InChI is InChI=1S/C15H12N2O2S/c1-17-15(18)11(10-16)9-12-7-8-14(19-12)20-13-5-3-2-4-6-13/h2-9H,1H3,(H,17,18)/b11-9-. The van der Waals surface area contributed by atoms with E-state index in [0.29, 0.717) is 10.9 Å². The molecule has 0 aliphatic carbocycles. The second-order valence-corrected chi connectivity index (χ2v) is 4.90. The first-order chi connectivity index (χ1) is 9.72. The van der Waals surface area contributed by atoms with Gasteiger partial charge in [-0.25, -0.2) is 0 Å². The molecule has 0 aliphatic heterocycles. The van der Waals surface area contributed by atoms with E-state index in [1.54, 1.807) is 6.07 Å². The van der Waals surface area contributed by atoms with Gasteiger partial charge >= 0.3 is 0 Å². The third-order valence-corrected chi connectivity index (χ3v) is 3.37. The molecule has 0 saturated heterocycles. The van der Waals surface area contributed by atoms with Crippen LogP contribution in [0.2, 0.25) is 0 Å². The lowest BCUT2D eigenvalue weighted by molar-refractivity contribution is -0.116. The Morgan fingerprint density at radius 3 is 2.70 bits per heavy atom. The first-order valence-corrected chi connectivity index (χ1v) is 6.71.